The van der Waals surface area contributed by atoms with Gasteiger partial charge in [0.05, 0.1) is 10.0 Å². The predicted octanol–water partition coefficient (Wildman–Crippen LogP) is 3.34. The SMILES string of the molecule is CC1(C)CCC(Sc2ccc(Cl)cn2)C1N. The Labute approximate surface area is 106 Å². The van der Waals surface area contributed by atoms with Crippen LogP contribution in [0.2, 0.25) is 5.02 Å². The van der Waals surface area contributed by atoms with Gasteiger partial charge in [-0.3, -0.25) is 0 Å². The molecule has 16 heavy (non-hydrogen) atoms. The Morgan fingerprint density at radius 2 is 2.25 bits per heavy atom. The number of nitrogens with zero attached hydrogens (tertiary/aromatic N) is 1. The van der Waals surface area contributed by atoms with Crippen molar-refractivity contribution in [2.75, 3.05) is 0 Å². The maximum Gasteiger partial charge on any atom is 0.0964 e. The molecule has 2 rings (SSSR count). The van der Waals surface area contributed by atoms with Gasteiger partial charge in [0.1, 0.15) is 0 Å². The molecule has 0 aliphatic heterocycles. The first-order chi connectivity index (χ1) is 7.49. The lowest BCUT2D eigenvalue weighted by atomic mass is 9.88. The fraction of sp³-hybridized carbons (Fsp3) is 0.583. The summed E-state index contributed by atoms with van der Waals surface area (Å²) in [7, 11) is 0. The molecule has 0 bridgehead atoms. The third kappa shape index (κ3) is 2.53. The molecule has 1 heterocycles. The molecule has 0 aromatic carbocycles. The number of hydrogen-bond acceptors (Lipinski definition) is 3. The standard InChI is InChI=1S/C12H17ClN2S/c1-12(2)6-5-9(11(12)14)16-10-4-3-8(13)7-15-10/h3-4,7,9,11H,5-6,14H2,1-2H3. The summed E-state index contributed by atoms with van der Waals surface area (Å²) in [5.41, 5.74) is 6.51. The van der Waals surface area contributed by atoms with Crippen LogP contribution in [-0.4, -0.2) is 16.3 Å². The minimum Gasteiger partial charge on any atom is -0.326 e. The van der Waals surface area contributed by atoms with Crippen molar-refractivity contribution in [2.24, 2.45) is 11.1 Å². The summed E-state index contributed by atoms with van der Waals surface area (Å²) in [5, 5.41) is 2.17. The van der Waals surface area contributed by atoms with Gasteiger partial charge in [0, 0.05) is 17.5 Å². The molecular weight excluding hydrogens is 240 g/mol. The maximum atomic E-state index is 6.26. The average Bonchev–Trinajstić information content (AvgIpc) is 2.49. The van der Waals surface area contributed by atoms with Crippen molar-refractivity contribution in [2.45, 2.75) is 43.0 Å². The highest BCUT2D eigenvalue weighted by Gasteiger charge is 2.39. The molecule has 2 unspecified atom stereocenters. The maximum absolute atomic E-state index is 6.26. The Morgan fingerprint density at radius 3 is 2.75 bits per heavy atom. The number of thioether (sulfide) groups is 1. The smallest absolute Gasteiger partial charge is 0.0964 e. The molecule has 88 valence electrons. The molecule has 0 amide bonds. The molecule has 0 radical (unpaired) electrons. The van der Waals surface area contributed by atoms with Crippen LogP contribution in [0.25, 0.3) is 0 Å². The molecule has 2 nitrogen and oxygen atoms in total. The summed E-state index contributed by atoms with van der Waals surface area (Å²) in [5.74, 6) is 0. The molecule has 1 aliphatic carbocycles. The summed E-state index contributed by atoms with van der Waals surface area (Å²) < 4.78 is 0. The van der Waals surface area contributed by atoms with Gasteiger partial charge in [0.2, 0.25) is 0 Å². The molecule has 2 N–H and O–H groups in total. The monoisotopic (exact) mass is 256 g/mol. The second-order valence-corrected chi connectivity index (χ2v) is 6.72. The van der Waals surface area contributed by atoms with Gasteiger partial charge in [0.15, 0.2) is 0 Å². The van der Waals surface area contributed by atoms with E-state index in [1.54, 1.807) is 18.0 Å². The predicted molar refractivity (Wildman–Crippen MR) is 69.9 cm³/mol. The quantitative estimate of drug-likeness (QED) is 0.882. The van der Waals surface area contributed by atoms with E-state index in [-0.39, 0.29) is 11.5 Å². The Balaban J connectivity index is 2.04. The highest BCUT2D eigenvalue weighted by Crippen LogP contribution is 2.43. The van der Waals surface area contributed by atoms with E-state index in [4.69, 9.17) is 17.3 Å². The van der Waals surface area contributed by atoms with E-state index in [2.05, 4.69) is 18.8 Å². The number of pyridine rings is 1. The van der Waals surface area contributed by atoms with E-state index in [1.807, 2.05) is 12.1 Å². The van der Waals surface area contributed by atoms with Crippen LogP contribution in [0.5, 0.6) is 0 Å². The largest absolute Gasteiger partial charge is 0.326 e. The van der Waals surface area contributed by atoms with Crippen molar-refractivity contribution in [3.63, 3.8) is 0 Å². The van der Waals surface area contributed by atoms with Crippen LogP contribution in [0.1, 0.15) is 26.7 Å². The summed E-state index contributed by atoms with van der Waals surface area (Å²) in [6.45, 7) is 4.49. The van der Waals surface area contributed by atoms with Gasteiger partial charge in [-0.25, -0.2) is 4.98 Å². The van der Waals surface area contributed by atoms with Crippen LogP contribution < -0.4 is 5.73 Å². The minimum absolute atomic E-state index is 0.245. The summed E-state index contributed by atoms with van der Waals surface area (Å²) in [6, 6.07) is 4.09. The van der Waals surface area contributed by atoms with Crippen molar-refractivity contribution < 1.29 is 0 Å². The molecule has 1 aromatic heterocycles. The highest BCUT2D eigenvalue weighted by atomic mass is 35.5. The fourth-order valence-electron chi connectivity index (χ4n) is 2.08. The van der Waals surface area contributed by atoms with E-state index in [9.17, 15) is 0 Å². The highest BCUT2D eigenvalue weighted by molar-refractivity contribution is 7.99. The Hall–Kier alpha value is -0.250. The average molecular weight is 257 g/mol. The summed E-state index contributed by atoms with van der Waals surface area (Å²) in [6.07, 6.45) is 4.05. The van der Waals surface area contributed by atoms with Gasteiger partial charge in [-0.05, 0) is 30.4 Å². The number of nitrogens with two attached hydrogens (primary N) is 1. The molecule has 4 heteroatoms. The third-order valence-corrected chi connectivity index (χ3v) is 4.89. The van der Waals surface area contributed by atoms with E-state index >= 15 is 0 Å². The minimum atomic E-state index is 0.245. The lowest BCUT2D eigenvalue weighted by Crippen LogP contribution is -2.38. The van der Waals surface area contributed by atoms with Crippen LogP contribution in [0.3, 0.4) is 0 Å². The Kier molecular flexibility index (Phi) is 3.48. The Bertz CT molecular complexity index is 364. The van der Waals surface area contributed by atoms with Crippen molar-refractivity contribution in [3.05, 3.63) is 23.4 Å². The zero-order chi connectivity index (χ0) is 11.8. The topological polar surface area (TPSA) is 38.9 Å². The van der Waals surface area contributed by atoms with Gasteiger partial charge in [-0.2, -0.15) is 0 Å². The first kappa shape index (κ1) is 12.2. The van der Waals surface area contributed by atoms with Crippen LogP contribution in [0.4, 0.5) is 0 Å². The van der Waals surface area contributed by atoms with Crippen LogP contribution >= 0.6 is 23.4 Å². The lowest BCUT2D eigenvalue weighted by Gasteiger charge is -2.26. The molecular formula is C12H17ClN2S. The first-order valence-electron chi connectivity index (χ1n) is 5.53. The van der Waals surface area contributed by atoms with Crippen LogP contribution in [0.15, 0.2) is 23.4 Å². The van der Waals surface area contributed by atoms with Gasteiger partial charge < -0.3 is 5.73 Å². The second-order valence-electron chi connectivity index (χ2n) is 5.02. The van der Waals surface area contributed by atoms with E-state index in [1.165, 1.54) is 12.8 Å². The van der Waals surface area contributed by atoms with Crippen molar-refractivity contribution >= 4 is 23.4 Å². The van der Waals surface area contributed by atoms with Crippen molar-refractivity contribution in [3.8, 4) is 0 Å². The molecule has 0 saturated heterocycles. The Morgan fingerprint density at radius 1 is 1.50 bits per heavy atom. The molecule has 1 aromatic rings. The van der Waals surface area contributed by atoms with Gasteiger partial charge in [0.25, 0.3) is 0 Å². The van der Waals surface area contributed by atoms with Gasteiger partial charge >= 0.3 is 0 Å². The number of aromatic nitrogens is 1. The van der Waals surface area contributed by atoms with Gasteiger partial charge in [-0.15, -0.1) is 11.8 Å². The van der Waals surface area contributed by atoms with E-state index in [0.717, 1.165) is 5.03 Å². The molecule has 1 saturated carbocycles. The van der Waals surface area contributed by atoms with E-state index < -0.39 is 0 Å². The van der Waals surface area contributed by atoms with Crippen LogP contribution in [0, 0.1) is 5.41 Å². The third-order valence-electron chi connectivity index (χ3n) is 3.35. The zero-order valence-electron chi connectivity index (χ0n) is 9.61. The molecule has 1 aliphatic rings. The molecule has 0 spiro atoms. The van der Waals surface area contributed by atoms with Crippen molar-refractivity contribution in [1.29, 1.82) is 0 Å². The molecule has 1 fully saturated rings. The number of hydrogen-bond donors (Lipinski definition) is 1. The zero-order valence-corrected chi connectivity index (χ0v) is 11.2. The molecule has 2 atom stereocenters. The normalized spacial score (nSPS) is 28.2. The first-order valence-corrected chi connectivity index (χ1v) is 6.78. The number of rotatable bonds is 2. The van der Waals surface area contributed by atoms with Crippen LogP contribution in [-0.2, 0) is 0 Å². The second kappa shape index (κ2) is 4.55. The fourth-order valence-corrected chi connectivity index (χ4v) is 3.52. The summed E-state index contributed by atoms with van der Waals surface area (Å²) in [4.78, 5) is 4.30. The number of halogens is 1. The van der Waals surface area contributed by atoms with E-state index in [0.29, 0.717) is 10.3 Å². The summed E-state index contributed by atoms with van der Waals surface area (Å²) >= 11 is 7.58. The lowest BCUT2D eigenvalue weighted by molar-refractivity contribution is 0.334. The van der Waals surface area contributed by atoms with Gasteiger partial charge in [-0.1, -0.05) is 25.4 Å². The van der Waals surface area contributed by atoms with Crippen molar-refractivity contribution in [1.82, 2.24) is 4.98 Å².